The number of hydrogen-bond acceptors (Lipinski definition) is 3. The third kappa shape index (κ3) is 3.69. The van der Waals surface area contributed by atoms with Crippen LogP contribution in [0, 0.1) is 0 Å². The molecule has 108 valence electrons. The Kier molecular flexibility index (Phi) is 4.55. The van der Waals surface area contributed by atoms with Gasteiger partial charge >= 0.3 is 5.97 Å². The molecule has 1 aromatic rings. The summed E-state index contributed by atoms with van der Waals surface area (Å²) in [5.74, 6) is -1.36. The zero-order valence-corrected chi connectivity index (χ0v) is 11.2. The van der Waals surface area contributed by atoms with Gasteiger partial charge in [-0.05, 0) is 18.9 Å². The van der Waals surface area contributed by atoms with Crippen molar-refractivity contribution in [1.82, 2.24) is 9.88 Å². The molecule has 0 saturated heterocycles. The maximum absolute atomic E-state index is 11.9. The van der Waals surface area contributed by atoms with Gasteiger partial charge < -0.3 is 15.0 Å². The molecule has 0 bridgehead atoms. The molecule has 1 aromatic heterocycles. The highest BCUT2D eigenvalue weighted by molar-refractivity contribution is 5.87. The predicted molar refractivity (Wildman–Crippen MR) is 72.7 cm³/mol. The van der Waals surface area contributed by atoms with Crippen molar-refractivity contribution in [3.05, 3.63) is 34.2 Å². The van der Waals surface area contributed by atoms with E-state index >= 15 is 0 Å². The number of pyridine rings is 1. The molecule has 1 amide bonds. The molecule has 20 heavy (non-hydrogen) atoms. The first kappa shape index (κ1) is 14.3. The van der Waals surface area contributed by atoms with Gasteiger partial charge in [-0.25, -0.2) is 4.79 Å². The lowest BCUT2D eigenvalue weighted by molar-refractivity contribution is -0.122. The summed E-state index contributed by atoms with van der Waals surface area (Å²) in [4.78, 5) is 34.3. The van der Waals surface area contributed by atoms with E-state index in [4.69, 9.17) is 5.11 Å². The molecule has 2 N–H and O–H groups in total. The molecule has 1 aliphatic rings. The number of carboxylic acid groups (broad SMARTS) is 1. The van der Waals surface area contributed by atoms with E-state index in [1.165, 1.54) is 23.3 Å². The number of amides is 1. The quantitative estimate of drug-likeness (QED) is 0.859. The highest BCUT2D eigenvalue weighted by atomic mass is 16.4. The van der Waals surface area contributed by atoms with Crippen molar-refractivity contribution in [2.75, 3.05) is 0 Å². The fourth-order valence-electron chi connectivity index (χ4n) is 2.45. The van der Waals surface area contributed by atoms with Crippen LogP contribution < -0.4 is 10.9 Å². The Bertz CT molecular complexity index is 559. The lowest BCUT2D eigenvalue weighted by atomic mass is 9.95. The van der Waals surface area contributed by atoms with Crippen molar-refractivity contribution in [3.63, 3.8) is 0 Å². The lowest BCUT2D eigenvalue weighted by Gasteiger charge is -2.22. The van der Waals surface area contributed by atoms with Crippen LogP contribution in [0.2, 0.25) is 0 Å². The van der Waals surface area contributed by atoms with Crippen molar-refractivity contribution >= 4 is 11.9 Å². The Labute approximate surface area is 116 Å². The summed E-state index contributed by atoms with van der Waals surface area (Å²) >= 11 is 0. The molecule has 1 aliphatic carbocycles. The topological polar surface area (TPSA) is 88.4 Å². The Morgan fingerprint density at radius 3 is 2.60 bits per heavy atom. The average molecular weight is 278 g/mol. The molecule has 1 saturated carbocycles. The molecule has 6 nitrogen and oxygen atoms in total. The van der Waals surface area contributed by atoms with Gasteiger partial charge in [-0.2, -0.15) is 0 Å². The minimum absolute atomic E-state index is 0.0704. The first-order valence-electron chi connectivity index (χ1n) is 6.79. The van der Waals surface area contributed by atoms with Gasteiger partial charge in [-0.1, -0.05) is 19.3 Å². The number of carbonyl (C=O) groups excluding carboxylic acids is 1. The maximum atomic E-state index is 11.9. The summed E-state index contributed by atoms with van der Waals surface area (Å²) < 4.78 is 1.21. The first-order chi connectivity index (χ1) is 9.56. The molecule has 1 fully saturated rings. The second-order valence-electron chi connectivity index (χ2n) is 5.09. The molecule has 2 rings (SSSR count). The van der Waals surface area contributed by atoms with Crippen molar-refractivity contribution in [3.8, 4) is 0 Å². The number of carboxylic acids is 1. The number of hydrogen-bond donors (Lipinski definition) is 2. The van der Waals surface area contributed by atoms with Crippen LogP contribution >= 0.6 is 0 Å². The van der Waals surface area contributed by atoms with E-state index in [-0.39, 0.29) is 24.1 Å². The van der Waals surface area contributed by atoms with Crippen LogP contribution in [0.4, 0.5) is 0 Å². The minimum Gasteiger partial charge on any atom is -0.478 e. The first-order valence-corrected chi connectivity index (χ1v) is 6.79. The Hall–Kier alpha value is -2.11. The maximum Gasteiger partial charge on any atom is 0.335 e. The minimum atomic E-state index is -1.15. The fourth-order valence-corrected chi connectivity index (χ4v) is 2.45. The number of nitrogens with zero attached hydrogens (tertiary/aromatic N) is 1. The number of aromatic carboxylic acids is 1. The highest BCUT2D eigenvalue weighted by Crippen LogP contribution is 2.17. The third-order valence-electron chi connectivity index (χ3n) is 3.53. The number of nitrogens with one attached hydrogen (secondary N) is 1. The molecular formula is C14H18N2O4. The third-order valence-corrected chi connectivity index (χ3v) is 3.53. The predicted octanol–water partition coefficient (Wildman–Crippen LogP) is 0.995. The van der Waals surface area contributed by atoms with Gasteiger partial charge in [0.25, 0.3) is 5.56 Å². The largest absolute Gasteiger partial charge is 0.478 e. The van der Waals surface area contributed by atoms with Crippen LogP contribution in [-0.4, -0.2) is 27.6 Å². The average Bonchev–Trinajstić information content (AvgIpc) is 2.42. The summed E-state index contributed by atoms with van der Waals surface area (Å²) in [7, 11) is 0. The summed E-state index contributed by atoms with van der Waals surface area (Å²) in [5.41, 5.74) is -0.553. The number of rotatable bonds is 4. The zero-order valence-electron chi connectivity index (χ0n) is 11.2. The van der Waals surface area contributed by atoms with E-state index in [1.807, 2.05) is 0 Å². The van der Waals surface area contributed by atoms with Gasteiger partial charge in [-0.3, -0.25) is 9.59 Å². The van der Waals surface area contributed by atoms with Crippen LogP contribution in [0.25, 0.3) is 0 Å². The van der Waals surface area contributed by atoms with Gasteiger partial charge in [0.2, 0.25) is 5.91 Å². The van der Waals surface area contributed by atoms with Gasteiger partial charge in [0.15, 0.2) is 0 Å². The van der Waals surface area contributed by atoms with Gasteiger partial charge in [0.1, 0.15) is 6.54 Å². The fraction of sp³-hybridized carbons (Fsp3) is 0.500. The zero-order chi connectivity index (χ0) is 14.5. The molecule has 0 atom stereocenters. The van der Waals surface area contributed by atoms with Crippen molar-refractivity contribution in [2.45, 2.75) is 44.7 Å². The highest BCUT2D eigenvalue weighted by Gasteiger charge is 2.16. The monoisotopic (exact) mass is 278 g/mol. The van der Waals surface area contributed by atoms with Crippen LogP contribution in [0.1, 0.15) is 42.5 Å². The van der Waals surface area contributed by atoms with E-state index in [0.717, 1.165) is 31.7 Å². The van der Waals surface area contributed by atoms with Gasteiger partial charge in [0.05, 0.1) is 5.56 Å². The molecule has 0 aliphatic heterocycles. The van der Waals surface area contributed by atoms with E-state index in [0.29, 0.717) is 0 Å². The van der Waals surface area contributed by atoms with Gasteiger partial charge in [0, 0.05) is 18.3 Å². The molecule has 0 radical (unpaired) electrons. The number of aromatic nitrogens is 1. The summed E-state index contributed by atoms with van der Waals surface area (Å²) in [6, 6.07) is 2.54. The van der Waals surface area contributed by atoms with Gasteiger partial charge in [-0.15, -0.1) is 0 Å². The summed E-state index contributed by atoms with van der Waals surface area (Å²) in [5, 5.41) is 11.7. The SMILES string of the molecule is O=C(Cn1ccc(C(=O)O)cc1=O)NC1CCCCC1. The van der Waals surface area contributed by atoms with E-state index < -0.39 is 11.5 Å². The number of carbonyl (C=O) groups is 2. The smallest absolute Gasteiger partial charge is 0.335 e. The molecular weight excluding hydrogens is 260 g/mol. The van der Waals surface area contributed by atoms with Crippen LogP contribution in [-0.2, 0) is 11.3 Å². The van der Waals surface area contributed by atoms with Crippen LogP contribution in [0.5, 0.6) is 0 Å². The second kappa shape index (κ2) is 6.36. The Morgan fingerprint density at radius 2 is 2.00 bits per heavy atom. The molecule has 0 spiro atoms. The second-order valence-corrected chi connectivity index (χ2v) is 5.09. The van der Waals surface area contributed by atoms with E-state index in [9.17, 15) is 14.4 Å². The van der Waals surface area contributed by atoms with E-state index in [2.05, 4.69) is 5.32 Å². The molecule has 0 aromatic carbocycles. The molecule has 1 heterocycles. The molecule has 6 heteroatoms. The normalized spacial score (nSPS) is 15.8. The lowest BCUT2D eigenvalue weighted by Crippen LogP contribution is -2.39. The summed E-state index contributed by atoms with van der Waals surface area (Å²) in [6.07, 6.45) is 6.77. The molecule has 0 unspecified atom stereocenters. The Balaban J connectivity index is 1.97. The van der Waals surface area contributed by atoms with Crippen LogP contribution in [0.3, 0.4) is 0 Å². The van der Waals surface area contributed by atoms with Crippen molar-refractivity contribution in [1.29, 1.82) is 0 Å². The van der Waals surface area contributed by atoms with E-state index in [1.54, 1.807) is 0 Å². The summed E-state index contributed by atoms with van der Waals surface area (Å²) in [6.45, 7) is -0.0742. The standard InChI is InChI=1S/C14H18N2O4/c17-12(15-11-4-2-1-3-5-11)9-16-7-6-10(14(19)20)8-13(16)18/h6-8,11H,1-5,9H2,(H,15,17)(H,19,20). The Morgan fingerprint density at radius 1 is 1.30 bits per heavy atom. The van der Waals surface area contributed by atoms with Crippen molar-refractivity contribution in [2.24, 2.45) is 0 Å². The van der Waals surface area contributed by atoms with Crippen molar-refractivity contribution < 1.29 is 14.7 Å². The van der Waals surface area contributed by atoms with Crippen LogP contribution in [0.15, 0.2) is 23.1 Å².